The van der Waals surface area contributed by atoms with Crippen LogP contribution in [0.15, 0.2) is 53.5 Å². The van der Waals surface area contributed by atoms with E-state index in [9.17, 15) is 4.79 Å². The van der Waals surface area contributed by atoms with Crippen LogP contribution in [0.1, 0.15) is 5.56 Å². The van der Waals surface area contributed by atoms with Gasteiger partial charge in [-0.1, -0.05) is 65.1 Å². The molecule has 0 bridgehead atoms. The zero-order valence-corrected chi connectivity index (χ0v) is 15.9. The lowest BCUT2D eigenvalue weighted by molar-refractivity contribution is 0.402. The molecule has 0 spiro atoms. The van der Waals surface area contributed by atoms with E-state index < -0.39 is 5.56 Å². The van der Waals surface area contributed by atoms with Crippen LogP contribution in [0.5, 0.6) is 5.75 Å². The topological polar surface area (TPSA) is 56.1 Å². The molecule has 0 saturated heterocycles. The molecule has 1 N–H and O–H groups in total. The van der Waals surface area contributed by atoms with Gasteiger partial charge in [-0.25, -0.2) is 0 Å². The molecule has 0 aliphatic rings. The van der Waals surface area contributed by atoms with Crippen LogP contribution in [0.4, 0.5) is 11.6 Å². The van der Waals surface area contributed by atoms with E-state index in [1.165, 1.54) is 7.11 Å². The second-order valence-corrected chi connectivity index (χ2v) is 6.56. The molecule has 3 rings (SSSR count). The van der Waals surface area contributed by atoms with E-state index in [0.717, 1.165) is 5.56 Å². The van der Waals surface area contributed by atoms with Gasteiger partial charge < -0.3 is 14.6 Å². The standard InChI is InChI=1S/C18H14Cl3N3O2/c1-26-14-10-24(9-11-5-3-2-4-6-11)18(23-17(14)25)22-13-8-7-12(19)15(20)16(13)21/h2-8,10H,9H2,1H3,(H,22,23,25). The normalized spacial score (nSPS) is 10.6. The smallest absolute Gasteiger partial charge is 0.316 e. The van der Waals surface area contributed by atoms with Crippen molar-refractivity contribution in [3.05, 3.63) is 79.6 Å². The summed E-state index contributed by atoms with van der Waals surface area (Å²) in [5.74, 6) is 0.451. The highest BCUT2D eigenvalue weighted by atomic mass is 35.5. The molecule has 0 saturated carbocycles. The van der Waals surface area contributed by atoms with E-state index in [1.807, 2.05) is 30.3 Å². The molecular weight excluding hydrogens is 397 g/mol. The fourth-order valence-corrected chi connectivity index (χ4v) is 2.94. The third-order valence-electron chi connectivity index (χ3n) is 3.66. The van der Waals surface area contributed by atoms with Crippen LogP contribution in [-0.4, -0.2) is 16.7 Å². The van der Waals surface area contributed by atoms with Gasteiger partial charge in [0.15, 0.2) is 0 Å². The third-order valence-corrected chi connectivity index (χ3v) is 4.95. The van der Waals surface area contributed by atoms with Gasteiger partial charge >= 0.3 is 5.56 Å². The van der Waals surface area contributed by atoms with Crippen molar-refractivity contribution in [2.24, 2.45) is 0 Å². The Balaban J connectivity index is 2.04. The number of anilines is 2. The molecule has 0 aliphatic carbocycles. The molecule has 0 unspecified atom stereocenters. The SMILES string of the molecule is COc1cn(Cc2ccccc2)c(Nc2ccc(Cl)c(Cl)c2Cl)nc1=O. The first kappa shape index (κ1) is 18.6. The first-order valence-electron chi connectivity index (χ1n) is 7.59. The van der Waals surface area contributed by atoms with E-state index in [-0.39, 0.29) is 15.8 Å². The van der Waals surface area contributed by atoms with Crippen LogP contribution < -0.4 is 15.6 Å². The van der Waals surface area contributed by atoms with Gasteiger partial charge in [-0.05, 0) is 17.7 Å². The average Bonchev–Trinajstić information content (AvgIpc) is 2.65. The van der Waals surface area contributed by atoms with Crippen LogP contribution in [-0.2, 0) is 6.54 Å². The number of nitrogens with one attached hydrogen (secondary N) is 1. The van der Waals surface area contributed by atoms with Crippen molar-refractivity contribution in [2.45, 2.75) is 6.54 Å². The monoisotopic (exact) mass is 409 g/mol. The Morgan fingerprint density at radius 3 is 2.50 bits per heavy atom. The zero-order valence-electron chi connectivity index (χ0n) is 13.7. The fourth-order valence-electron chi connectivity index (χ4n) is 2.36. The van der Waals surface area contributed by atoms with Gasteiger partial charge in [-0.3, -0.25) is 4.79 Å². The third kappa shape index (κ3) is 3.96. The predicted octanol–water partition coefficient (Wildman–Crippen LogP) is 5.00. The summed E-state index contributed by atoms with van der Waals surface area (Å²) in [7, 11) is 1.42. The number of ether oxygens (including phenoxy) is 1. The molecule has 3 aromatic rings. The molecule has 8 heteroatoms. The van der Waals surface area contributed by atoms with Gasteiger partial charge in [0.1, 0.15) is 0 Å². The second-order valence-electron chi connectivity index (χ2n) is 5.40. The minimum absolute atomic E-state index is 0.145. The van der Waals surface area contributed by atoms with Gasteiger partial charge in [0.05, 0.1) is 40.6 Å². The average molecular weight is 411 g/mol. The van der Waals surface area contributed by atoms with Crippen molar-refractivity contribution >= 4 is 46.4 Å². The Labute approximate surface area is 165 Å². The van der Waals surface area contributed by atoms with Crippen molar-refractivity contribution in [1.82, 2.24) is 9.55 Å². The fraction of sp³-hybridized carbons (Fsp3) is 0.111. The van der Waals surface area contributed by atoms with Crippen molar-refractivity contribution in [3.63, 3.8) is 0 Å². The minimum atomic E-state index is -0.490. The Morgan fingerprint density at radius 1 is 1.08 bits per heavy atom. The number of nitrogens with zero attached hydrogens (tertiary/aromatic N) is 2. The van der Waals surface area contributed by atoms with Gasteiger partial charge in [0.2, 0.25) is 11.7 Å². The lowest BCUT2D eigenvalue weighted by Gasteiger charge is -2.16. The molecule has 0 fully saturated rings. The summed E-state index contributed by atoms with van der Waals surface area (Å²) in [4.78, 5) is 16.2. The Bertz CT molecular complexity index is 991. The van der Waals surface area contributed by atoms with Gasteiger partial charge in [0, 0.05) is 0 Å². The molecule has 1 aromatic heterocycles. The molecule has 0 amide bonds. The molecule has 0 atom stereocenters. The van der Waals surface area contributed by atoms with E-state index in [4.69, 9.17) is 39.5 Å². The van der Waals surface area contributed by atoms with Gasteiger partial charge in [0.25, 0.3) is 0 Å². The Kier molecular flexibility index (Phi) is 5.71. The maximum atomic E-state index is 12.1. The number of methoxy groups -OCH3 is 1. The van der Waals surface area contributed by atoms with Crippen LogP contribution in [0.2, 0.25) is 15.1 Å². The molecule has 2 aromatic carbocycles. The minimum Gasteiger partial charge on any atom is -0.490 e. The first-order chi connectivity index (χ1) is 12.5. The molecule has 0 radical (unpaired) electrons. The van der Waals surface area contributed by atoms with Crippen molar-refractivity contribution in [3.8, 4) is 5.75 Å². The predicted molar refractivity (Wildman–Crippen MR) is 105 cm³/mol. The maximum absolute atomic E-state index is 12.1. The molecule has 0 aliphatic heterocycles. The van der Waals surface area contributed by atoms with Crippen molar-refractivity contribution in [2.75, 3.05) is 12.4 Å². The summed E-state index contributed by atoms with van der Waals surface area (Å²) >= 11 is 18.3. The largest absolute Gasteiger partial charge is 0.490 e. The number of rotatable bonds is 5. The number of halogens is 3. The number of hydrogen-bond acceptors (Lipinski definition) is 4. The van der Waals surface area contributed by atoms with E-state index >= 15 is 0 Å². The van der Waals surface area contributed by atoms with Crippen LogP contribution >= 0.6 is 34.8 Å². The van der Waals surface area contributed by atoms with Gasteiger partial charge in [-0.2, -0.15) is 4.98 Å². The molecule has 134 valence electrons. The summed E-state index contributed by atoms with van der Waals surface area (Å²) in [6.45, 7) is 0.478. The quantitative estimate of drug-likeness (QED) is 0.601. The number of hydrogen-bond donors (Lipinski definition) is 1. The second kappa shape index (κ2) is 7.99. The summed E-state index contributed by atoms with van der Waals surface area (Å²) in [6, 6.07) is 13.0. The van der Waals surface area contributed by atoms with Crippen molar-refractivity contribution in [1.29, 1.82) is 0 Å². The highest BCUT2D eigenvalue weighted by Crippen LogP contribution is 2.36. The van der Waals surface area contributed by atoms with E-state index in [0.29, 0.717) is 23.2 Å². The Hall–Kier alpha value is -2.21. The molecular formula is C18H14Cl3N3O2. The van der Waals surface area contributed by atoms with Crippen LogP contribution in [0, 0.1) is 0 Å². The van der Waals surface area contributed by atoms with Crippen LogP contribution in [0.3, 0.4) is 0 Å². The summed E-state index contributed by atoms with van der Waals surface area (Å²) < 4.78 is 6.86. The first-order valence-corrected chi connectivity index (χ1v) is 8.73. The van der Waals surface area contributed by atoms with E-state index in [2.05, 4.69) is 10.3 Å². The molecule has 26 heavy (non-hydrogen) atoms. The maximum Gasteiger partial charge on any atom is 0.316 e. The van der Waals surface area contributed by atoms with Crippen molar-refractivity contribution < 1.29 is 4.74 Å². The zero-order chi connectivity index (χ0) is 18.7. The summed E-state index contributed by atoms with van der Waals surface area (Å²) in [5, 5.41) is 3.85. The lowest BCUT2D eigenvalue weighted by Crippen LogP contribution is -2.18. The molecule has 1 heterocycles. The van der Waals surface area contributed by atoms with Gasteiger partial charge in [-0.15, -0.1) is 0 Å². The summed E-state index contributed by atoms with van der Waals surface area (Å²) in [6.07, 6.45) is 1.59. The molecule has 5 nitrogen and oxygen atoms in total. The number of benzene rings is 2. The Morgan fingerprint density at radius 2 is 1.81 bits per heavy atom. The van der Waals surface area contributed by atoms with E-state index in [1.54, 1.807) is 22.9 Å². The summed E-state index contributed by atoms with van der Waals surface area (Å²) in [5.41, 5.74) is 1.03. The lowest BCUT2D eigenvalue weighted by atomic mass is 10.2. The highest BCUT2D eigenvalue weighted by Gasteiger charge is 2.14. The number of aromatic nitrogens is 2. The van der Waals surface area contributed by atoms with Crippen LogP contribution in [0.25, 0.3) is 0 Å². The highest BCUT2D eigenvalue weighted by molar-refractivity contribution is 6.49.